The number of rotatable bonds is 6. The third kappa shape index (κ3) is 4.90. The normalized spacial score (nSPS) is 10.5. The first kappa shape index (κ1) is 16.2. The minimum atomic E-state index is 0.752. The summed E-state index contributed by atoms with van der Waals surface area (Å²) in [5.41, 5.74) is 2.15. The van der Waals surface area contributed by atoms with Gasteiger partial charge in [-0.15, -0.1) is 11.3 Å². The van der Waals surface area contributed by atoms with Gasteiger partial charge in [0.1, 0.15) is 0 Å². The number of benzene rings is 2. The lowest BCUT2D eigenvalue weighted by molar-refractivity contribution is 1.19. The molecule has 0 unspecified atom stereocenters. The van der Waals surface area contributed by atoms with Gasteiger partial charge in [-0.25, -0.2) is 0 Å². The first-order valence-corrected chi connectivity index (χ1v) is 8.83. The molecule has 0 atom stereocenters. The lowest BCUT2D eigenvalue weighted by atomic mass is 10.3. The second-order valence-electron chi connectivity index (χ2n) is 5.09. The molecule has 3 aromatic rings. The van der Waals surface area contributed by atoms with Crippen LogP contribution in [0.2, 0.25) is 10.0 Å². The van der Waals surface area contributed by atoms with Gasteiger partial charge in [-0.2, -0.15) is 0 Å². The summed E-state index contributed by atoms with van der Waals surface area (Å²) in [6.07, 6.45) is 0. The number of thiophene rings is 1. The van der Waals surface area contributed by atoms with E-state index in [1.165, 1.54) is 9.75 Å². The van der Waals surface area contributed by atoms with E-state index in [1.807, 2.05) is 48.5 Å². The molecule has 2 aromatic carbocycles. The van der Waals surface area contributed by atoms with Crippen molar-refractivity contribution in [2.45, 2.75) is 13.1 Å². The van der Waals surface area contributed by atoms with Crippen molar-refractivity contribution in [1.29, 1.82) is 0 Å². The van der Waals surface area contributed by atoms with E-state index in [-0.39, 0.29) is 0 Å². The average molecular weight is 363 g/mol. The quantitative estimate of drug-likeness (QED) is 0.539. The van der Waals surface area contributed by atoms with Gasteiger partial charge in [0.05, 0.1) is 0 Å². The van der Waals surface area contributed by atoms with Gasteiger partial charge in [-0.05, 0) is 60.7 Å². The molecule has 2 N–H and O–H groups in total. The molecular weight excluding hydrogens is 347 g/mol. The van der Waals surface area contributed by atoms with E-state index in [0.717, 1.165) is 34.5 Å². The van der Waals surface area contributed by atoms with Crippen LogP contribution in [-0.2, 0) is 13.1 Å². The van der Waals surface area contributed by atoms with Crippen molar-refractivity contribution < 1.29 is 0 Å². The SMILES string of the molecule is Clc1ccc(NCc2ccc(CNc3ccc(Cl)cc3)s2)cc1. The molecule has 0 radical (unpaired) electrons. The fraction of sp³-hybridized carbons (Fsp3) is 0.111. The van der Waals surface area contributed by atoms with E-state index >= 15 is 0 Å². The molecule has 0 saturated carbocycles. The molecule has 118 valence electrons. The number of hydrogen-bond acceptors (Lipinski definition) is 3. The molecule has 1 aromatic heterocycles. The van der Waals surface area contributed by atoms with Gasteiger partial charge >= 0.3 is 0 Å². The average Bonchev–Trinajstić information content (AvgIpc) is 3.02. The molecule has 0 aliphatic heterocycles. The standard InChI is InChI=1S/C18H16Cl2N2S/c19-13-1-5-15(6-2-13)21-11-17-9-10-18(23-17)12-22-16-7-3-14(20)4-8-16/h1-10,21-22H,11-12H2. The van der Waals surface area contributed by atoms with Gasteiger partial charge < -0.3 is 10.6 Å². The highest BCUT2D eigenvalue weighted by Gasteiger charge is 2.01. The van der Waals surface area contributed by atoms with Crippen LogP contribution in [0.15, 0.2) is 60.7 Å². The summed E-state index contributed by atoms with van der Waals surface area (Å²) in [4.78, 5) is 2.60. The summed E-state index contributed by atoms with van der Waals surface area (Å²) in [6.45, 7) is 1.63. The molecule has 2 nitrogen and oxygen atoms in total. The second-order valence-corrected chi connectivity index (χ2v) is 7.21. The van der Waals surface area contributed by atoms with Crippen LogP contribution in [0.25, 0.3) is 0 Å². The van der Waals surface area contributed by atoms with Crippen molar-refractivity contribution in [2.75, 3.05) is 10.6 Å². The van der Waals surface area contributed by atoms with Crippen molar-refractivity contribution in [3.8, 4) is 0 Å². The van der Waals surface area contributed by atoms with Crippen LogP contribution in [-0.4, -0.2) is 0 Å². The van der Waals surface area contributed by atoms with Gasteiger partial charge in [-0.3, -0.25) is 0 Å². The molecule has 0 aliphatic rings. The van der Waals surface area contributed by atoms with E-state index in [9.17, 15) is 0 Å². The van der Waals surface area contributed by atoms with Crippen molar-refractivity contribution in [1.82, 2.24) is 0 Å². The monoisotopic (exact) mass is 362 g/mol. The maximum absolute atomic E-state index is 5.89. The van der Waals surface area contributed by atoms with Crippen LogP contribution in [0.4, 0.5) is 11.4 Å². The minimum Gasteiger partial charge on any atom is -0.380 e. The van der Waals surface area contributed by atoms with Crippen molar-refractivity contribution in [3.05, 3.63) is 80.5 Å². The maximum atomic E-state index is 5.89. The van der Waals surface area contributed by atoms with Crippen LogP contribution >= 0.6 is 34.5 Å². The molecule has 5 heteroatoms. The molecule has 0 fully saturated rings. The Kier molecular flexibility index (Phi) is 5.44. The molecular formula is C18H16Cl2N2S. The van der Waals surface area contributed by atoms with Crippen LogP contribution in [0.1, 0.15) is 9.75 Å². The highest BCUT2D eigenvalue weighted by atomic mass is 35.5. The van der Waals surface area contributed by atoms with Crippen molar-refractivity contribution >= 4 is 45.9 Å². The Morgan fingerprint density at radius 2 is 1.00 bits per heavy atom. The molecule has 1 heterocycles. The Bertz CT molecular complexity index is 687. The largest absolute Gasteiger partial charge is 0.380 e. The van der Waals surface area contributed by atoms with E-state index in [4.69, 9.17) is 23.2 Å². The van der Waals surface area contributed by atoms with E-state index in [0.29, 0.717) is 0 Å². The first-order valence-electron chi connectivity index (χ1n) is 7.25. The van der Waals surface area contributed by atoms with Crippen molar-refractivity contribution in [3.63, 3.8) is 0 Å². The van der Waals surface area contributed by atoms with Gasteiger partial charge in [0.25, 0.3) is 0 Å². The van der Waals surface area contributed by atoms with Gasteiger partial charge in [0.2, 0.25) is 0 Å². The smallest absolute Gasteiger partial charge is 0.0494 e. The molecule has 3 rings (SSSR count). The van der Waals surface area contributed by atoms with Gasteiger partial charge in [0, 0.05) is 44.3 Å². The Morgan fingerprint density at radius 3 is 1.39 bits per heavy atom. The molecule has 23 heavy (non-hydrogen) atoms. The van der Waals surface area contributed by atoms with E-state index in [2.05, 4.69) is 22.8 Å². The summed E-state index contributed by atoms with van der Waals surface area (Å²) in [5.74, 6) is 0. The molecule has 0 bridgehead atoms. The van der Waals surface area contributed by atoms with E-state index < -0.39 is 0 Å². The molecule has 0 aliphatic carbocycles. The first-order chi connectivity index (χ1) is 11.2. The number of halogens is 2. The van der Waals surface area contributed by atoms with E-state index in [1.54, 1.807) is 11.3 Å². The molecule has 0 spiro atoms. The Morgan fingerprint density at radius 1 is 0.609 bits per heavy atom. The Hall–Kier alpha value is -1.68. The Labute approximate surface area is 150 Å². The van der Waals surface area contributed by atoms with Crippen LogP contribution in [0.3, 0.4) is 0 Å². The fourth-order valence-electron chi connectivity index (χ4n) is 2.13. The van der Waals surface area contributed by atoms with Crippen LogP contribution in [0.5, 0.6) is 0 Å². The second kappa shape index (κ2) is 7.73. The fourth-order valence-corrected chi connectivity index (χ4v) is 3.28. The van der Waals surface area contributed by atoms with Crippen molar-refractivity contribution in [2.24, 2.45) is 0 Å². The third-order valence-electron chi connectivity index (χ3n) is 3.34. The third-order valence-corrected chi connectivity index (χ3v) is 4.93. The molecule has 0 saturated heterocycles. The molecule has 0 amide bonds. The predicted molar refractivity (Wildman–Crippen MR) is 102 cm³/mol. The Balaban J connectivity index is 1.51. The topological polar surface area (TPSA) is 24.1 Å². The van der Waals surface area contributed by atoms with Gasteiger partial charge in [-0.1, -0.05) is 23.2 Å². The summed E-state index contributed by atoms with van der Waals surface area (Å²) in [5, 5.41) is 8.30. The zero-order chi connectivity index (χ0) is 16.1. The highest BCUT2D eigenvalue weighted by molar-refractivity contribution is 7.12. The minimum absolute atomic E-state index is 0.752. The zero-order valence-electron chi connectivity index (χ0n) is 12.4. The maximum Gasteiger partial charge on any atom is 0.0494 e. The van der Waals surface area contributed by atoms with Gasteiger partial charge in [0.15, 0.2) is 0 Å². The number of hydrogen-bond donors (Lipinski definition) is 2. The summed E-state index contributed by atoms with van der Waals surface area (Å²) in [7, 11) is 0. The summed E-state index contributed by atoms with van der Waals surface area (Å²) in [6, 6.07) is 19.8. The summed E-state index contributed by atoms with van der Waals surface area (Å²) < 4.78 is 0. The number of nitrogens with one attached hydrogen (secondary N) is 2. The zero-order valence-corrected chi connectivity index (χ0v) is 14.7. The van der Waals surface area contributed by atoms with Crippen LogP contribution in [0, 0.1) is 0 Å². The summed E-state index contributed by atoms with van der Waals surface area (Å²) >= 11 is 13.6. The lowest BCUT2D eigenvalue weighted by Gasteiger charge is -2.05. The van der Waals surface area contributed by atoms with Crippen LogP contribution < -0.4 is 10.6 Å². The highest BCUT2D eigenvalue weighted by Crippen LogP contribution is 2.21. The number of anilines is 2. The predicted octanol–water partition coefficient (Wildman–Crippen LogP) is 6.28. The lowest BCUT2D eigenvalue weighted by Crippen LogP contribution is -1.97.